The molecule has 6 heteroatoms. The highest BCUT2D eigenvalue weighted by molar-refractivity contribution is 14.0. The normalized spacial score (nSPS) is 15.6. The number of methoxy groups -OCH3 is 1. The standard InChI is InChI=1S/C19H31N3O2.HI/c1-4-20-19(22-13-10-17(11-14-22)24-5-2)21-12-9-16-7-6-8-18(15-16)23-3;/h6-8,15,17H,4-5,9-14H2,1-3H3,(H,20,21);1H. The molecule has 0 amide bonds. The van der Waals surface area contributed by atoms with Gasteiger partial charge in [-0.25, -0.2) is 0 Å². The molecule has 0 saturated carbocycles. The summed E-state index contributed by atoms with van der Waals surface area (Å²) < 4.78 is 11.0. The number of guanidine groups is 1. The van der Waals surface area contributed by atoms with Crippen LogP contribution in [-0.4, -0.2) is 56.9 Å². The number of rotatable bonds is 7. The van der Waals surface area contributed by atoms with E-state index < -0.39 is 0 Å². The molecule has 1 N–H and O–H groups in total. The Bertz CT molecular complexity index is 517. The van der Waals surface area contributed by atoms with Crippen LogP contribution in [0.15, 0.2) is 29.3 Å². The second-order valence-corrected chi connectivity index (χ2v) is 5.98. The first-order valence-electron chi connectivity index (χ1n) is 9.04. The Balaban J connectivity index is 0.00000312. The minimum absolute atomic E-state index is 0. The summed E-state index contributed by atoms with van der Waals surface area (Å²) in [6, 6.07) is 8.20. The summed E-state index contributed by atoms with van der Waals surface area (Å²) in [4.78, 5) is 7.16. The number of hydrogen-bond donors (Lipinski definition) is 1. The van der Waals surface area contributed by atoms with E-state index in [1.165, 1.54) is 5.56 Å². The lowest BCUT2D eigenvalue weighted by atomic mass is 10.1. The first-order valence-corrected chi connectivity index (χ1v) is 9.04. The topological polar surface area (TPSA) is 46.1 Å². The number of piperidine rings is 1. The van der Waals surface area contributed by atoms with E-state index in [0.29, 0.717) is 6.10 Å². The third-order valence-electron chi connectivity index (χ3n) is 4.27. The van der Waals surface area contributed by atoms with Crippen LogP contribution in [0, 0.1) is 0 Å². The molecule has 1 aromatic carbocycles. The lowest BCUT2D eigenvalue weighted by Gasteiger charge is -2.34. The Morgan fingerprint density at radius 3 is 2.68 bits per heavy atom. The van der Waals surface area contributed by atoms with Crippen LogP contribution >= 0.6 is 24.0 Å². The van der Waals surface area contributed by atoms with Crippen molar-refractivity contribution in [1.29, 1.82) is 0 Å². The lowest BCUT2D eigenvalue weighted by molar-refractivity contribution is 0.0264. The molecule has 1 aliphatic rings. The van der Waals surface area contributed by atoms with Gasteiger partial charge in [0, 0.05) is 32.8 Å². The average molecular weight is 461 g/mol. The summed E-state index contributed by atoms with van der Waals surface area (Å²) in [5.74, 6) is 1.93. The molecule has 2 rings (SSSR count). The molecule has 0 bridgehead atoms. The highest BCUT2D eigenvalue weighted by atomic mass is 127. The first-order chi connectivity index (χ1) is 11.8. The molecule has 5 nitrogen and oxygen atoms in total. The van der Waals surface area contributed by atoms with Gasteiger partial charge in [-0.2, -0.15) is 0 Å². The largest absolute Gasteiger partial charge is 0.497 e. The summed E-state index contributed by atoms with van der Waals surface area (Å²) in [6.07, 6.45) is 3.48. The molecule has 1 fully saturated rings. The second kappa shape index (κ2) is 12.4. The summed E-state index contributed by atoms with van der Waals surface area (Å²) >= 11 is 0. The van der Waals surface area contributed by atoms with Crippen LogP contribution in [0.3, 0.4) is 0 Å². The fourth-order valence-electron chi connectivity index (χ4n) is 3.01. The zero-order chi connectivity index (χ0) is 17.2. The monoisotopic (exact) mass is 461 g/mol. The molecule has 1 aromatic rings. The van der Waals surface area contributed by atoms with Gasteiger partial charge in [-0.1, -0.05) is 12.1 Å². The third kappa shape index (κ3) is 7.40. The molecule has 1 saturated heterocycles. The Hall–Kier alpha value is -1.02. The molecule has 0 aliphatic carbocycles. The van der Waals surface area contributed by atoms with Gasteiger partial charge in [0.2, 0.25) is 0 Å². The van der Waals surface area contributed by atoms with E-state index in [9.17, 15) is 0 Å². The van der Waals surface area contributed by atoms with Crippen molar-refractivity contribution in [3.8, 4) is 5.75 Å². The van der Waals surface area contributed by atoms with Gasteiger partial charge in [-0.15, -0.1) is 24.0 Å². The summed E-state index contributed by atoms with van der Waals surface area (Å²) in [7, 11) is 1.70. The molecule has 0 radical (unpaired) electrons. The maximum atomic E-state index is 5.73. The minimum atomic E-state index is 0. The van der Waals surface area contributed by atoms with Gasteiger partial charge in [-0.3, -0.25) is 4.99 Å². The summed E-state index contributed by atoms with van der Waals surface area (Å²) in [6.45, 7) is 8.68. The minimum Gasteiger partial charge on any atom is -0.497 e. The molecule has 0 spiro atoms. The van der Waals surface area contributed by atoms with Crippen molar-refractivity contribution in [1.82, 2.24) is 10.2 Å². The van der Waals surface area contributed by atoms with Crippen LogP contribution in [-0.2, 0) is 11.2 Å². The van der Waals surface area contributed by atoms with Crippen LogP contribution in [0.5, 0.6) is 5.75 Å². The van der Waals surface area contributed by atoms with Gasteiger partial charge in [0.15, 0.2) is 5.96 Å². The van der Waals surface area contributed by atoms with Gasteiger partial charge >= 0.3 is 0 Å². The van der Waals surface area contributed by atoms with E-state index >= 15 is 0 Å². The molecule has 1 aliphatic heterocycles. The van der Waals surface area contributed by atoms with Crippen molar-refractivity contribution in [3.05, 3.63) is 29.8 Å². The predicted molar refractivity (Wildman–Crippen MR) is 114 cm³/mol. The molecular formula is C19H32IN3O2. The van der Waals surface area contributed by atoms with Crippen molar-refractivity contribution in [2.24, 2.45) is 4.99 Å². The zero-order valence-corrected chi connectivity index (χ0v) is 18.0. The molecule has 25 heavy (non-hydrogen) atoms. The van der Waals surface area contributed by atoms with Crippen molar-refractivity contribution in [2.75, 3.05) is 39.9 Å². The van der Waals surface area contributed by atoms with Crippen LogP contribution in [0.1, 0.15) is 32.3 Å². The van der Waals surface area contributed by atoms with E-state index in [1.807, 2.05) is 12.1 Å². The number of nitrogens with one attached hydrogen (secondary N) is 1. The van der Waals surface area contributed by atoms with E-state index in [2.05, 4.69) is 36.2 Å². The Morgan fingerprint density at radius 1 is 1.28 bits per heavy atom. The third-order valence-corrected chi connectivity index (χ3v) is 4.27. The molecule has 0 atom stereocenters. The van der Waals surface area contributed by atoms with Crippen LogP contribution < -0.4 is 10.1 Å². The molecule has 142 valence electrons. The zero-order valence-electron chi connectivity index (χ0n) is 15.7. The number of hydrogen-bond acceptors (Lipinski definition) is 3. The smallest absolute Gasteiger partial charge is 0.193 e. The molecular weight excluding hydrogens is 429 g/mol. The predicted octanol–water partition coefficient (Wildman–Crippen LogP) is 3.32. The molecule has 0 aromatic heterocycles. The number of aliphatic imine (C=N–C) groups is 1. The molecule has 1 heterocycles. The maximum Gasteiger partial charge on any atom is 0.193 e. The van der Waals surface area contributed by atoms with Crippen molar-refractivity contribution >= 4 is 29.9 Å². The fourth-order valence-corrected chi connectivity index (χ4v) is 3.01. The summed E-state index contributed by atoms with van der Waals surface area (Å²) in [5.41, 5.74) is 1.25. The second-order valence-electron chi connectivity index (χ2n) is 5.98. The highest BCUT2D eigenvalue weighted by Gasteiger charge is 2.21. The number of benzene rings is 1. The first kappa shape index (κ1) is 22.0. The SMILES string of the molecule is CCNC(=NCCc1cccc(OC)c1)N1CCC(OCC)CC1.I. The Labute approximate surface area is 169 Å². The Kier molecular flexibility index (Phi) is 10.9. The highest BCUT2D eigenvalue weighted by Crippen LogP contribution is 2.15. The van der Waals surface area contributed by atoms with Gasteiger partial charge in [-0.05, 0) is 50.8 Å². The van der Waals surface area contributed by atoms with E-state index in [-0.39, 0.29) is 24.0 Å². The number of halogens is 1. The average Bonchev–Trinajstić information content (AvgIpc) is 2.62. The van der Waals surface area contributed by atoms with Gasteiger partial charge in [0.1, 0.15) is 5.75 Å². The van der Waals surface area contributed by atoms with Crippen molar-refractivity contribution in [2.45, 2.75) is 39.2 Å². The van der Waals surface area contributed by atoms with Crippen LogP contribution in [0.25, 0.3) is 0 Å². The number of likely N-dealkylation sites (tertiary alicyclic amines) is 1. The van der Waals surface area contributed by atoms with Crippen molar-refractivity contribution < 1.29 is 9.47 Å². The summed E-state index contributed by atoms with van der Waals surface area (Å²) in [5, 5.41) is 3.42. The van der Waals surface area contributed by atoms with E-state index in [4.69, 9.17) is 14.5 Å². The Morgan fingerprint density at radius 2 is 2.04 bits per heavy atom. The molecule has 0 unspecified atom stereocenters. The number of nitrogens with zero attached hydrogens (tertiary/aromatic N) is 2. The quantitative estimate of drug-likeness (QED) is 0.385. The van der Waals surface area contributed by atoms with E-state index in [1.54, 1.807) is 7.11 Å². The van der Waals surface area contributed by atoms with Gasteiger partial charge < -0.3 is 19.7 Å². The van der Waals surface area contributed by atoms with E-state index in [0.717, 1.165) is 63.8 Å². The lowest BCUT2D eigenvalue weighted by Crippen LogP contribution is -2.47. The maximum absolute atomic E-state index is 5.73. The van der Waals surface area contributed by atoms with Crippen LogP contribution in [0.4, 0.5) is 0 Å². The number of ether oxygens (including phenoxy) is 2. The van der Waals surface area contributed by atoms with Gasteiger partial charge in [0.05, 0.1) is 13.2 Å². The van der Waals surface area contributed by atoms with Crippen molar-refractivity contribution in [3.63, 3.8) is 0 Å². The van der Waals surface area contributed by atoms with Crippen LogP contribution in [0.2, 0.25) is 0 Å². The fraction of sp³-hybridized carbons (Fsp3) is 0.632. The van der Waals surface area contributed by atoms with Gasteiger partial charge in [0.25, 0.3) is 0 Å².